The predicted octanol–water partition coefficient (Wildman–Crippen LogP) is 3.71. The fourth-order valence-electron chi connectivity index (χ4n) is 4.16. The Hall–Kier alpha value is -1.72. The highest BCUT2D eigenvalue weighted by atomic mass is 16.7. The Kier molecular flexibility index (Phi) is 4.29. The Morgan fingerprint density at radius 1 is 0.885 bits per heavy atom. The molecule has 3 fully saturated rings. The molecule has 2 heterocycles. The summed E-state index contributed by atoms with van der Waals surface area (Å²) in [5, 5.41) is 2.14. The van der Waals surface area contributed by atoms with Crippen LogP contribution in [0.2, 0.25) is 0 Å². The molecule has 2 aromatic rings. The SMILES string of the molecule is c1ccc(CO[C@H]2[C@H](OCc3ccccc3)CN3OC4(CC4)C[C@@H]23)cc1. The minimum absolute atomic E-state index is 0.0417. The molecule has 3 aliphatic rings. The normalized spacial score (nSPS) is 29.2. The fourth-order valence-corrected chi connectivity index (χ4v) is 4.16. The van der Waals surface area contributed by atoms with Gasteiger partial charge in [-0.05, 0) is 30.4 Å². The van der Waals surface area contributed by atoms with Gasteiger partial charge in [0.1, 0.15) is 12.2 Å². The molecule has 2 aliphatic heterocycles. The molecular weight excluding hydrogens is 326 g/mol. The molecule has 1 saturated carbocycles. The zero-order valence-electron chi connectivity index (χ0n) is 14.9. The van der Waals surface area contributed by atoms with E-state index >= 15 is 0 Å². The molecule has 0 amide bonds. The summed E-state index contributed by atoms with van der Waals surface area (Å²) in [6.07, 6.45) is 3.53. The van der Waals surface area contributed by atoms with E-state index in [0.29, 0.717) is 19.3 Å². The van der Waals surface area contributed by atoms with Gasteiger partial charge in [0.15, 0.2) is 0 Å². The third-order valence-electron chi connectivity index (χ3n) is 5.77. The summed E-state index contributed by atoms with van der Waals surface area (Å²) in [6.45, 7) is 2.02. The topological polar surface area (TPSA) is 30.9 Å². The summed E-state index contributed by atoms with van der Waals surface area (Å²) in [5.41, 5.74) is 2.51. The van der Waals surface area contributed by atoms with Gasteiger partial charge in [0.25, 0.3) is 0 Å². The van der Waals surface area contributed by atoms with Crippen molar-refractivity contribution >= 4 is 0 Å². The highest BCUT2D eigenvalue weighted by Gasteiger charge is 2.60. The minimum atomic E-state index is 0.0417. The standard InChI is InChI=1S/C22H25NO3/c1-3-7-17(8-4-1)15-24-20-14-23-19(13-22(26-23)11-12-22)21(20)25-16-18-9-5-2-6-10-18/h1-10,19-21H,11-16H2/t19-,20+,21+/m0/s1. The van der Waals surface area contributed by atoms with Crippen LogP contribution in [0.25, 0.3) is 0 Å². The molecular formula is C22H25NO3. The average Bonchev–Trinajstić information content (AvgIpc) is 3.24. The third kappa shape index (κ3) is 3.30. The van der Waals surface area contributed by atoms with Crippen LogP contribution in [-0.4, -0.2) is 35.5 Å². The van der Waals surface area contributed by atoms with Crippen molar-refractivity contribution < 1.29 is 14.3 Å². The Morgan fingerprint density at radius 2 is 1.50 bits per heavy atom. The second-order valence-electron chi connectivity index (χ2n) is 7.74. The summed E-state index contributed by atoms with van der Waals surface area (Å²) < 4.78 is 12.6. The molecule has 0 bridgehead atoms. The van der Waals surface area contributed by atoms with Crippen molar-refractivity contribution in [1.82, 2.24) is 5.06 Å². The van der Waals surface area contributed by atoms with Gasteiger partial charge in [-0.15, -0.1) is 0 Å². The molecule has 136 valence electrons. The predicted molar refractivity (Wildman–Crippen MR) is 98.2 cm³/mol. The third-order valence-corrected chi connectivity index (χ3v) is 5.77. The van der Waals surface area contributed by atoms with Crippen LogP contribution in [-0.2, 0) is 27.5 Å². The van der Waals surface area contributed by atoms with Crippen LogP contribution >= 0.6 is 0 Å². The van der Waals surface area contributed by atoms with Crippen molar-refractivity contribution in [3.8, 4) is 0 Å². The van der Waals surface area contributed by atoms with Crippen LogP contribution < -0.4 is 0 Å². The highest BCUT2D eigenvalue weighted by molar-refractivity contribution is 5.15. The molecule has 4 nitrogen and oxygen atoms in total. The number of hydroxylamine groups is 2. The minimum Gasteiger partial charge on any atom is -0.369 e. The van der Waals surface area contributed by atoms with E-state index in [2.05, 4.69) is 53.6 Å². The molecule has 4 heteroatoms. The van der Waals surface area contributed by atoms with E-state index < -0.39 is 0 Å². The van der Waals surface area contributed by atoms with Gasteiger partial charge < -0.3 is 9.47 Å². The van der Waals surface area contributed by atoms with Gasteiger partial charge in [0, 0.05) is 0 Å². The average molecular weight is 351 g/mol. The summed E-state index contributed by atoms with van der Waals surface area (Å²) >= 11 is 0. The second-order valence-corrected chi connectivity index (χ2v) is 7.74. The van der Waals surface area contributed by atoms with Crippen LogP contribution in [0.5, 0.6) is 0 Å². The quantitative estimate of drug-likeness (QED) is 0.794. The number of hydrogen-bond acceptors (Lipinski definition) is 4. The number of rotatable bonds is 6. The summed E-state index contributed by atoms with van der Waals surface area (Å²) in [6, 6.07) is 21.0. The largest absolute Gasteiger partial charge is 0.369 e. The number of ether oxygens (including phenoxy) is 2. The maximum absolute atomic E-state index is 6.38. The molecule has 0 N–H and O–H groups in total. The van der Waals surface area contributed by atoms with Crippen LogP contribution in [0.4, 0.5) is 0 Å². The first-order chi connectivity index (χ1) is 12.8. The fraction of sp³-hybridized carbons (Fsp3) is 0.455. The molecule has 26 heavy (non-hydrogen) atoms. The van der Waals surface area contributed by atoms with E-state index in [1.165, 1.54) is 24.0 Å². The van der Waals surface area contributed by atoms with Gasteiger partial charge in [0.2, 0.25) is 0 Å². The number of nitrogens with zero attached hydrogens (tertiary/aromatic N) is 1. The molecule has 2 aromatic carbocycles. The van der Waals surface area contributed by atoms with Gasteiger partial charge in [0.05, 0.1) is 31.4 Å². The Morgan fingerprint density at radius 3 is 2.12 bits per heavy atom. The Bertz CT molecular complexity index is 732. The molecule has 5 rings (SSSR count). The first kappa shape index (κ1) is 16.5. The number of fused-ring (bicyclic) bond motifs is 1. The van der Waals surface area contributed by atoms with Crippen molar-refractivity contribution in [2.45, 2.75) is 56.3 Å². The van der Waals surface area contributed by atoms with Crippen molar-refractivity contribution in [2.24, 2.45) is 0 Å². The lowest BCUT2D eigenvalue weighted by molar-refractivity contribution is -0.166. The zero-order chi connectivity index (χ0) is 17.4. The lowest BCUT2D eigenvalue weighted by Crippen LogP contribution is -2.36. The maximum atomic E-state index is 6.38. The second kappa shape index (κ2) is 6.78. The van der Waals surface area contributed by atoms with Gasteiger partial charge >= 0.3 is 0 Å². The van der Waals surface area contributed by atoms with E-state index in [1.54, 1.807) is 0 Å². The molecule has 1 aliphatic carbocycles. The zero-order valence-corrected chi connectivity index (χ0v) is 14.9. The van der Waals surface area contributed by atoms with Crippen LogP contribution in [0.1, 0.15) is 30.4 Å². The summed E-state index contributed by atoms with van der Waals surface area (Å²) in [5.74, 6) is 0. The number of hydrogen-bond donors (Lipinski definition) is 0. The first-order valence-corrected chi connectivity index (χ1v) is 9.58. The van der Waals surface area contributed by atoms with Crippen LogP contribution in [0.15, 0.2) is 60.7 Å². The summed E-state index contributed by atoms with van der Waals surface area (Å²) in [4.78, 5) is 6.22. The lowest BCUT2D eigenvalue weighted by Gasteiger charge is -2.24. The highest BCUT2D eigenvalue weighted by Crippen LogP contribution is 2.52. The molecule has 0 unspecified atom stereocenters. The Balaban J connectivity index is 1.27. The van der Waals surface area contributed by atoms with Crippen LogP contribution in [0, 0.1) is 0 Å². The van der Waals surface area contributed by atoms with Gasteiger partial charge in [-0.2, -0.15) is 5.06 Å². The monoisotopic (exact) mass is 351 g/mol. The van der Waals surface area contributed by atoms with Gasteiger partial charge in [-0.25, -0.2) is 0 Å². The van der Waals surface area contributed by atoms with Gasteiger partial charge in [-0.1, -0.05) is 60.7 Å². The molecule has 0 aromatic heterocycles. The Labute approximate surface area is 154 Å². The maximum Gasteiger partial charge on any atom is 0.103 e. The van der Waals surface area contributed by atoms with Crippen molar-refractivity contribution in [3.63, 3.8) is 0 Å². The smallest absolute Gasteiger partial charge is 0.103 e. The van der Waals surface area contributed by atoms with Crippen molar-refractivity contribution in [3.05, 3.63) is 71.8 Å². The lowest BCUT2D eigenvalue weighted by atomic mass is 10.0. The first-order valence-electron chi connectivity index (χ1n) is 9.58. The number of benzene rings is 2. The van der Waals surface area contributed by atoms with Gasteiger partial charge in [-0.3, -0.25) is 4.84 Å². The molecule has 0 radical (unpaired) electrons. The van der Waals surface area contributed by atoms with E-state index in [4.69, 9.17) is 14.3 Å². The van der Waals surface area contributed by atoms with E-state index in [1.807, 2.05) is 12.1 Å². The van der Waals surface area contributed by atoms with Crippen LogP contribution in [0.3, 0.4) is 0 Å². The van der Waals surface area contributed by atoms with E-state index in [-0.39, 0.29) is 17.8 Å². The van der Waals surface area contributed by atoms with E-state index in [0.717, 1.165) is 13.0 Å². The molecule has 1 spiro atoms. The molecule has 2 saturated heterocycles. The summed E-state index contributed by atoms with van der Waals surface area (Å²) in [7, 11) is 0. The molecule has 3 atom stereocenters. The van der Waals surface area contributed by atoms with Crippen molar-refractivity contribution in [1.29, 1.82) is 0 Å². The van der Waals surface area contributed by atoms with Crippen molar-refractivity contribution in [2.75, 3.05) is 6.54 Å². The van der Waals surface area contributed by atoms with E-state index in [9.17, 15) is 0 Å².